The third-order valence-corrected chi connectivity index (χ3v) is 2.70. The smallest absolute Gasteiger partial charge is 0.339 e. The minimum absolute atomic E-state index is 0.170. The number of aromatic hydroxyl groups is 1. The summed E-state index contributed by atoms with van der Waals surface area (Å²) in [6.45, 7) is 1.90. The Hall–Kier alpha value is -2.76. The van der Waals surface area contributed by atoms with Crippen LogP contribution < -0.4 is 11.5 Å². The van der Waals surface area contributed by atoms with Gasteiger partial charge in [0, 0.05) is 11.4 Å². The molecule has 0 saturated heterocycles. The Labute approximate surface area is 121 Å². The standard InChI is InChI=1S/C8H10FN.C7H7NO3/c1-2-6-5-7(10)3-4-8(6)9;8-4-1-2-6(9)5(3-4)7(10)11/h3-5H,2,10H2,1H3;1-3,9H,8H2,(H,10,11). The van der Waals surface area contributed by atoms with Crippen LogP contribution in [-0.2, 0) is 6.42 Å². The molecule has 0 fully saturated rings. The monoisotopic (exact) mass is 292 g/mol. The lowest BCUT2D eigenvalue weighted by Crippen LogP contribution is -1.97. The maximum atomic E-state index is 12.7. The van der Waals surface area contributed by atoms with E-state index < -0.39 is 5.97 Å². The van der Waals surface area contributed by atoms with Crippen LogP contribution >= 0.6 is 0 Å². The van der Waals surface area contributed by atoms with Crippen LogP contribution in [0.1, 0.15) is 22.8 Å². The van der Waals surface area contributed by atoms with Crippen LogP contribution in [0, 0.1) is 5.82 Å². The van der Waals surface area contributed by atoms with Crippen LogP contribution in [-0.4, -0.2) is 16.2 Å². The molecule has 6 N–H and O–H groups in total. The summed E-state index contributed by atoms with van der Waals surface area (Å²) >= 11 is 0. The van der Waals surface area contributed by atoms with E-state index in [1.54, 1.807) is 12.1 Å². The second-order valence-electron chi connectivity index (χ2n) is 4.29. The Morgan fingerprint density at radius 2 is 1.71 bits per heavy atom. The molecule has 21 heavy (non-hydrogen) atoms. The largest absolute Gasteiger partial charge is 0.507 e. The molecule has 0 atom stereocenters. The van der Waals surface area contributed by atoms with Gasteiger partial charge in [-0.15, -0.1) is 0 Å². The van der Waals surface area contributed by atoms with Gasteiger partial charge in [-0.2, -0.15) is 0 Å². The minimum atomic E-state index is -1.19. The lowest BCUT2D eigenvalue weighted by molar-refractivity contribution is 0.0694. The second-order valence-corrected chi connectivity index (χ2v) is 4.29. The van der Waals surface area contributed by atoms with Crippen LogP contribution in [0.2, 0.25) is 0 Å². The van der Waals surface area contributed by atoms with Crippen molar-refractivity contribution >= 4 is 17.3 Å². The second kappa shape index (κ2) is 7.14. The van der Waals surface area contributed by atoms with Gasteiger partial charge in [-0.1, -0.05) is 6.92 Å². The van der Waals surface area contributed by atoms with Crippen molar-refractivity contribution in [1.82, 2.24) is 0 Å². The molecule has 6 heteroatoms. The number of hydrogen-bond acceptors (Lipinski definition) is 4. The molecule has 2 rings (SSSR count). The van der Waals surface area contributed by atoms with Crippen molar-refractivity contribution in [3.8, 4) is 5.75 Å². The van der Waals surface area contributed by atoms with Crippen LogP contribution in [0.15, 0.2) is 36.4 Å². The van der Waals surface area contributed by atoms with Gasteiger partial charge in [0.1, 0.15) is 17.1 Å². The molecule has 112 valence electrons. The summed E-state index contributed by atoms with van der Waals surface area (Å²) < 4.78 is 12.7. The number of nitrogen functional groups attached to an aromatic ring is 2. The number of carboxylic acid groups (broad SMARTS) is 1. The first-order valence-electron chi connectivity index (χ1n) is 6.20. The summed E-state index contributed by atoms with van der Waals surface area (Å²) in [5.41, 5.74) is 12.2. The van der Waals surface area contributed by atoms with Gasteiger partial charge in [-0.05, 0) is 48.4 Å². The molecule has 0 unspecified atom stereocenters. The average molecular weight is 292 g/mol. The maximum Gasteiger partial charge on any atom is 0.339 e. The highest BCUT2D eigenvalue weighted by molar-refractivity contribution is 5.91. The van der Waals surface area contributed by atoms with Crippen LogP contribution in [0.3, 0.4) is 0 Å². The van der Waals surface area contributed by atoms with Crippen molar-refractivity contribution in [3.63, 3.8) is 0 Å². The average Bonchev–Trinajstić information content (AvgIpc) is 2.44. The van der Waals surface area contributed by atoms with Gasteiger partial charge < -0.3 is 21.7 Å². The van der Waals surface area contributed by atoms with Crippen molar-refractivity contribution in [3.05, 3.63) is 53.3 Å². The van der Waals surface area contributed by atoms with Crippen molar-refractivity contribution in [2.75, 3.05) is 11.5 Å². The summed E-state index contributed by atoms with van der Waals surface area (Å²) in [6, 6.07) is 8.51. The fourth-order valence-corrected chi connectivity index (χ4v) is 1.59. The summed E-state index contributed by atoms with van der Waals surface area (Å²) in [5.74, 6) is -1.63. The van der Waals surface area contributed by atoms with Crippen LogP contribution in [0.25, 0.3) is 0 Å². The molecular weight excluding hydrogens is 275 g/mol. The van der Waals surface area contributed by atoms with Crippen LogP contribution in [0.5, 0.6) is 5.75 Å². The highest BCUT2D eigenvalue weighted by Crippen LogP contribution is 2.19. The predicted octanol–water partition coefficient (Wildman–Crippen LogP) is 2.64. The first-order chi connectivity index (χ1) is 9.85. The Kier molecular flexibility index (Phi) is 5.54. The van der Waals surface area contributed by atoms with Gasteiger partial charge in [0.2, 0.25) is 0 Å². The van der Waals surface area contributed by atoms with Crippen LogP contribution in [0.4, 0.5) is 15.8 Å². The molecule has 0 bridgehead atoms. The first-order valence-corrected chi connectivity index (χ1v) is 6.20. The van der Waals surface area contributed by atoms with E-state index in [0.29, 0.717) is 23.4 Å². The number of nitrogens with two attached hydrogens (primary N) is 2. The summed E-state index contributed by atoms with van der Waals surface area (Å²) in [7, 11) is 0. The lowest BCUT2D eigenvalue weighted by Gasteiger charge is -1.99. The molecule has 0 radical (unpaired) electrons. The van der Waals surface area contributed by atoms with Gasteiger partial charge in [-0.25, -0.2) is 9.18 Å². The maximum absolute atomic E-state index is 12.7. The highest BCUT2D eigenvalue weighted by Gasteiger charge is 2.08. The van der Waals surface area contributed by atoms with Crippen molar-refractivity contribution < 1.29 is 19.4 Å². The number of carboxylic acids is 1. The number of aromatic carboxylic acids is 1. The van der Waals surface area contributed by atoms with Crippen molar-refractivity contribution in [2.45, 2.75) is 13.3 Å². The number of phenols is 1. The van der Waals surface area contributed by atoms with Gasteiger partial charge >= 0.3 is 5.97 Å². The lowest BCUT2D eigenvalue weighted by atomic mass is 10.1. The topological polar surface area (TPSA) is 110 Å². The Morgan fingerprint density at radius 1 is 1.14 bits per heavy atom. The van der Waals surface area contributed by atoms with Gasteiger partial charge in [0.15, 0.2) is 0 Å². The number of rotatable bonds is 2. The normalized spacial score (nSPS) is 9.62. The first kappa shape index (κ1) is 16.3. The van der Waals surface area contributed by atoms with E-state index in [1.165, 1.54) is 24.3 Å². The summed E-state index contributed by atoms with van der Waals surface area (Å²) in [4.78, 5) is 10.4. The van der Waals surface area contributed by atoms with Gasteiger partial charge in [0.25, 0.3) is 0 Å². The number of benzene rings is 2. The number of hydrogen-bond donors (Lipinski definition) is 4. The third kappa shape index (κ3) is 4.68. The molecule has 0 aliphatic rings. The SMILES string of the molecule is CCc1cc(N)ccc1F.Nc1ccc(O)c(C(=O)O)c1. The Morgan fingerprint density at radius 3 is 2.19 bits per heavy atom. The van der Waals surface area contributed by atoms with E-state index in [4.69, 9.17) is 21.7 Å². The number of halogens is 1. The zero-order valence-electron chi connectivity index (χ0n) is 11.5. The molecule has 0 amide bonds. The molecule has 0 spiro atoms. The number of aryl methyl sites for hydroxylation is 1. The van der Waals surface area contributed by atoms with Crippen molar-refractivity contribution in [2.24, 2.45) is 0 Å². The zero-order valence-corrected chi connectivity index (χ0v) is 11.5. The molecule has 2 aromatic rings. The zero-order chi connectivity index (χ0) is 16.0. The summed E-state index contributed by atoms with van der Waals surface area (Å²) in [6.07, 6.45) is 0.691. The van der Waals surface area contributed by atoms with E-state index >= 15 is 0 Å². The molecule has 0 heterocycles. The minimum Gasteiger partial charge on any atom is -0.507 e. The third-order valence-electron chi connectivity index (χ3n) is 2.70. The molecule has 0 aliphatic carbocycles. The number of carbonyl (C=O) groups is 1. The van der Waals surface area contributed by atoms with Gasteiger partial charge in [-0.3, -0.25) is 0 Å². The van der Waals surface area contributed by atoms with E-state index in [0.717, 1.165) is 0 Å². The highest BCUT2D eigenvalue weighted by atomic mass is 19.1. The predicted molar refractivity (Wildman–Crippen MR) is 79.7 cm³/mol. The van der Waals surface area contributed by atoms with E-state index in [-0.39, 0.29) is 17.1 Å². The number of anilines is 2. The molecule has 5 nitrogen and oxygen atoms in total. The quantitative estimate of drug-likeness (QED) is 0.502. The Balaban J connectivity index is 0.000000211. The molecule has 0 aliphatic heterocycles. The van der Waals surface area contributed by atoms with Crippen molar-refractivity contribution in [1.29, 1.82) is 0 Å². The Bertz CT molecular complexity index is 645. The fourth-order valence-electron chi connectivity index (χ4n) is 1.59. The van der Waals surface area contributed by atoms with Gasteiger partial charge in [0.05, 0.1) is 0 Å². The van der Waals surface area contributed by atoms with E-state index in [9.17, 15) is 9.18 Å². The van der Waals surface area contributed by atoms with E-state index in [1.807, 2.05) is 6.92 Å². The van der Waals surface area contributed by atoms with E-state index in [2.05, 4.69) is 0 Å². The fraction of sp³-hybridized carbons (Fsp3) is 0.133. The molecule has 0 aromatic heterocycles. The summed E-state index contributed by atoms with van der Waals surface area (Å²) in [5, 5.41) is 17.4. The molecule has 0 saturated carbocycles. The molecule has 2 aromatic carbocycles. The molecular formula is C15H17FN2O3.